The summed E-state index contributed by atoms with van der Waals surface area (Å²) in [6, 6.07) is 9.53. The Morgan fingerprint density at radius 2 is 2.00 bits per heavy atom. The van der Waals surface area contributed by atoms with Crippen LogP contribution in [0.3, 0.4) is 0 Å². The number of hydrogen-bond acceptors (Lipinski definition) is 2. The molecule has 0 bridgehead atoms. The molecule has 1 N–H and O–H groups in total. The summed E-state index contributed by atoms with van der Waals surface area (Å²) in [5.74, 6) is 0.298. The van der Waals surface area contributed by atoms with Gasteiger partial charge in [0, 0.05) is 0 Å². The van der Waals surface area contributed by atoms with E-state index in [-0.39, 0.29) is 0 Å². The van der Waals surface area contributed by atoms with Crippen LogP contribution < -0.4 is 3.40 Å². The van der Waals surface area contributed by atoms with Gasteiger partial charge in [0.25, 0.3) is 0 Å². The molecule has 1 aromatic heterocycles. The maximum absolute atomic E-state index is 9.38. The Hall–Kier alpha value is -0.687. The zero-order valence-electron chi connectivity index (χ0n) is 6.28. The van der Waals surface area contributed by atoms with Gasteiger partial charge in [-0.25, -0.2) is 0 Å². The van der Waals surface area contributed by atoms with Gasteiger partial charge in [-0.05, 0) is 0 Å². The summed E-state index contributed by atoms with van der Waals surface area (Å²) in [4.78, 5) is 4.27. The first-order valence-electron chi connectivity index (χ1n) is 3.58. The van der Waals surface area contributed by atoms with Gasteiger partial charge < -0.3 is 0 Å². The molecule has 0 saturated carbocycles. The second-order valence-electron chi connectivity index (χ2n) is 2.55. The molecule has 2 nitrogen and oxygen atoms in total. The van der Waals surface area contributed by atoms with E-state index in [1.807, 2.05) is 24.3 Å². The fraction of sp³-hybridized carbons (Fsp3) is 0. The number of rotatable bonds is 0. The van der Waals surface area contributed by atoms with Crippen LogP contribution in [0.15, 0.2) is 30.3 Å². The minimum absolute atomic E-state index is 0.298. The van der Waals surface area contributed by atoms with Crippen LogP contribution in [0.25, 0.3) is 10.9 Å². The Morgan fingerprint density at radius 3 is 2.83 bits per heavy atom. The van der Waals surface area contributed by atoms with Gasteiger partial charge >= 0.3 is 85.2 Å². The predicted molar refractivity (Wildman–Crippen MR) is 43.0 cm³/mol. The van der Waals surface area contributed by atoms with Crippen molar-refractivity contribution in [1.29, 1.82) is 0 Å². The standard InChI is InChI=1S/C9H6NO.Zr/c11-8-5-7-3-1-2-4-9(7)10-6-8;/h1-5,11H;. The summed E-state index contributed by atoms with van der Waals surface area (Å²) in [6.45, 7) is 0. The van der Waals surface area contributed by atoms with Gasteiger partial charge in [-0.15, -0.1) is 0 Å². The molecule has 3 heteroatoms. The predicted octanol–water partition coefficient (Wildman–Crippen LogP) is 1.11. The fourth-order valence-electron chi connectivity index (χ4n) is 1.10. The van der Waals surface area contributed by atoms with Gasteiger partial charge in [0.15, 0.2) is 0 Å². The van der Waals surface area contributed by atoms with Crippen molar-refractivity contribution in [2.75, 3.05) is 0 Å². The van der Waals surface area contributed by atoms with Crippen molar-refractivity contribution in [3.63, 3.8) is 0 Å². The van der Waals surface area contributed by atoms with Gasteiger partial charge in [0.2, 0.25) is 0 Å². The van der Waals surface area contributed by atoms with Crippen molar-refractivity contribution in [2.24, 2.45) is 0 Å². The quantitative estimate of drug-likeness (QED) is 0.742. The molecule has 1 aromatic carbocycles. The third-order valence-electron chi connectivity index (χ3n) is 1.70. The molecule has 0 radical (unpaired) electrons. The van der Waals surface area contributed by atoms with Gasteiger partial charge in [0.1, 0.15) is 0 Å². The maximum atomic E-state index is 9.38. The molecule has 2 rings (SSSR count). The molecule has 0 fully saturated rings. The van der Waals surface area contributed by atoms with Crippen LogP contribution in [-0.4, -0.2) is 10.1 Å². The summed E-state index contributed by atoms with van der Waals surface area (Å²) in [5.41, 5.74) is 0.946. The molecule has 0 unspecified atom stereocenters. The summed E-state index contributed by atoms with van der Waals surface area (Å²) in [6.07, 6.45) is 0. The fourth-order valence-corrected chi connectivity index (χ4v) is 1.58. The monoisotopic (exact) mass is 234 g/mol. The number of aromatic hydroxyl groups is 1. The molecule has 0 amide bonds. The van der Waals surface area contributed by atoms with Crippen LogP contribution >= 0.6 is 0 Å². The SMILES string of the molecule is Oc1cc2ccccc2n[c]1[Zr]. The van der Waals surface area contributed by atoms with Crippen molar-refractivity contribution in [1.82, 2.24) is 4.98 Å². The second-order valence-corrected chi connectivity index (χ2v) is 3.71. The Labute approximate surface area is 85.1 Å². The van der Waals surface area contributed by atoms with Gasteiger partial charge in [0.05, 0.1) is 0 Å². The third kappa shape index (κ3) is 1.29. The van der Waals surface area contributed by atoms with Gasteiger partial charge in [-0.1, -0.05) is 0 Å². The molecule has 0 aliphatic carbocycles. The van der Waals surface area contributed by atoms with E-state index in [9.17, 15) is 5.11 Å². The molecule has 0 saturated heterocycles. The van der Waals surface area contributed by atoms with E-state index in [1.54, 1.807) is 6.07 Å². The molecular weight excluding hydrogens is 229 g/mol. The summed E-state index contributed by atoms with van der Waals surface area (Å²) in [5, 5.41) is 10.4. The van der Waals surface area contributed by atoms with Crippen LogP contribution in [0.1, 0.15) is 0 Å². The topological polar surface area (TPSA) is 33.1 Å². The Balaban J connectivity index is 2.84. The van der Waals surface area contributed by atoms with Crippen molar-refractivity contribution in [2.45, 2.75) is 0 Å². The van der Waals surface area contributed by atoms with Crippen LogP contribution in [0.2, 0.25) is 0 Å². The minimum atomic E-state index is 0.298. The van der Waals surface area contributed by atoms with E-state index in [0.717, 1.165) is 39.0 Å². The van der Waals surface area contributed by atoms with Crippen molar-refractivity contribution >= 4 is 14.3 Å². The van der Waals surface area contributed by atoms with Crippen LogP contribution in [-0.2, 0) is 24.7 Å². The zero-order valence-corrected chi connectivity index (χ0v) is 8.74. The van der Waals surface area contributed by atoms with Crippen molar-refractivity contribution in [3.8, 4) is 5.75 Å². The number of benzene rings is 1. The zero-order chi connectivity index (χ0) is 8.55. The Bertz CT molecular complexity index is 387. The van der Waals surface area contributed by atoms with E-state index in [0.29, 0.717) is 5.75 Å². The molecule has 0 aliphatic rings. The molecule has 0 aliphatic heterocycles. The van der Waals surface area contributed by atoms with E-state index in [2.05, 4.69) is 4.98 Å². The van der Waals surface area contributed by atoms with E-state index < -0.39 is 0 Å². The van der Waals surface area contributed by atoms with Gasteiger partial charge in [-0.2, -0.15) is 0 Å². The average Bonchev–Trinajstić information content (AvgIpc) is 2.07. The van der Waals surface area contributed by atoms with E-state index >= 15 is 0 Å². The Kier molecular flexibility index (Phi) is 1.97. The number of pyridine rings is 1. The van der Waals surface area contributed by atoms with Crippen LogP contribution in [0, 0.1) is 0 Å². The summed E-state index contributed by atoms with van der Waals surface area (Å²) >= 11 is 1.14. The van der Waals surface area contributed by atoms with Crippen molar-refractivity contribution < 1.29 is 29.8 Å². The molecule has 0 spiro atoms. The normalized spacial score (nSPS) is 10.2. The molecule has 12 heavy (non-hydrogen) atoms. The number of fused-ring (bicyclic) bond motifs is 1. The summed E-state index contributed by atoms with van der Waals surface area (Å²) in [7, 11) is 0. The molecule has 0 atom stereocenters. The van der Waals surface area contributed by atoms with Crippen LogP contribution in [0.4, 0.5) is 0 Å². The number of nitrogens with zero attached hydrogens (tertiary/aromatic N) is 1. The molecular formula is C9H6NOZr. The number of hydrogen-bond donors (Lipinski definition) is 1. The first-order chi connectivity index (χ1) is 5.77. The molecule has 57 valence electrons. The molecule has 2 aromatic rings. The van der Waals surface area contributed by atoms with Crippen LogP contribution in [0.5, 0.6) is 5.75 Å². The number of para-hydroxylation sites is 1. The first-order valence-corrected chi connectivity index (χ1v) is 4.80. The first kappa shape index (κ1) is 7.94. The number of aromatic nitrogens is 1. The van der Waals surface area contributed by atoms with Crippen molar-refractivity contribution in [3.05, 3.63) is 30.3 Å². The van der Waals surface area contributed by atoms with Gasteiger partial charge in [-0.3, -0.25) is 0 Å². The molecule has 1 heterocycles. The van der Waals surface area contributed by atoms with E-state index in [1.165, 1.54) is 0 Å². The third-order valence-corrected chi connectivity index (χ3v) is 2.61. The average molecular weight is 235 g/mol. The summed E-state index contributed by atoms with van der Waals surface area (Å²) < 4.78 is 0.765. The second kappa shape index (κ2) is 2.98. The van der Waals surface area contributed by atoms with E-state index in [4.69, 9.17) is 0 Å². The Morgan fingerprint density at radius 1 is 1.25 bits per heavy atom.